The molecule has 0 amide bonds. The van der Waals surface area contributed by atoms with Crippen LogP contribution in [0.3, 0.4) is 0 Å². The summed E-state index contributed by atoms with van der Waals surface area (Å²) in [4.78, 5) is 0. The van der Waals surface area contributed by atoms with Crippen molar-refractivity contribution in [2.45, 2.75) is 6.54 Å². The van der Waals surface area contributed by atoms with Crippen molar-refractivity contribution in [2.75, 3.05) is 5.32 Å². The Morgan fingerprint density at radius 1 is 0.778 bits per heavy atom. The molecule has 0 saturated heterocycles. The molecule has 0 fully saturated rings. The van der Waals surface area contributed by atoms with Gasteiger partial charge in [0.05, 0.1) is 0 Å². The predicted octanol–water partition coefficient (Wildman–Crippen LogP) is 5.91. The van der Waals surface area contributed by atoms with E-state index < -0.39 is 0 Å². The minimum absolute atomic E-state index is 0.524. The fourth-order valence-electron chi connectivity index (χ4n) is 1.50. The van der Waals surface area contributed by atoms with Crippen LogP contribution in [-0.2, 0) is 6.54 Å². The van der Waals surface area contributed by atoms with E-state index in [4.69, 9.17) is 46.4 Å². The highest BCUT2D eigenvalue weighted by atomic mass is 35.5. The number of nitrogens with one attached hydrogen (secondary N) is 1. The lowest BCUT2D eigenvalue weighted by Crippen LogP contribution is -2.00. The fraction of sp³-hybridized carbons (Fsp3) is 0.0769. The second kappa shape index (κ2) is 6.03. The van der Waals surface area contributed by atoms with Gasteiger partial charge in [0.1, 0.15) is 0 Å². The molecule has 0 heterocycles. The monoisotopic (exact) mass is 319 g/mol. The number of rotatable bonds is 3. The van der Waals surface area contributed by atoms with E-state index in [9.17, 15) is 0 Å². The zero-order valence-electron chi connectivity index (χ0n) is 9.18. The van der Waals surface area contributed by atoms with Crippen molar-refractivity contribution in [1.82, 2.24) is 0 Å². The fourth-order valence-corrected chi connectivity index (χ4v) is 2.58. The van der Waals surface area contributed by atoms with Crippen LogP contribution in [0.1, 0.15) is 5.56 Å². The van der Waals surface area contributed by atoms with Crippen molar-refractivity contribution in [3.8, 4) is 0 Å². The van der Waals surface area contributed by atoms with Crippen molar-refractivity contribution in [3.63, 3.8) is 0 Å². The first kappa shape index (κ1) is 13.8. The van der Waals surface area contributed by atoms with Gasteiger partial charge in [0, 0.05) is 37.9 Å². The lowest BCUT2D eigenvalue weighted by atomic mass is 10.2. The molecule has 1 nitrogen and oxygen atoms in total. The summed E-state index contributed by atoms with van der Waals surface area (Å²) in [6.07, 6.45) is 0. The molecule has 0 spiro atoms. The molecule has 1 N–H and O–H groups in total. The molecule has 5 heteroatoms. The van der Waals surface area contributed by atoms with Crippen molar-refractivity contribution < 1.29 is 0 Å². The number of benzene rings is 2. The Labute approximate surface area is 126 Å². The van der Waals surface area contributed by atoms with E-state index >= 15 is 0 Å². The standard InChI is InChI=1S/C13H9Cl4N/c14-8-1-3-10(4-2-8)18-7-11-12(16)5-9(15)6-13(11)17/h1-6,18H,7H2. The SMILES string of the molecule is Clc1ccc(NCc2c(Cl)cc(Cl)cc2Cl)cc1. The molecule has 0 radical (unpaired) electrons. The van der Waals surface area contributed by atoms with Crippen LogP contribution >= 0.6 is 46.4 Å². The number of hydrogen-bond donors (Lipinski definition) is 1. The lowest BCUT2D eigenvalue weighted by Gasteiger charge is -2.10. The van der Waals surface area contributed by atoms with Crippen LogP contribution < -0.4 is 5.32 Å². The third-order valence-electron chi connectivity index (χ3n) is 2.42. The zero-order chi connectivity index (χ0) is 13.1. The molecule has 2 rings (SSSR count). The first-order chi connectivity index (χ1) is 8.56. The molecule has 0 saturated carbocycles. The second-order valence-corrected chi connectivity index (χ2v) is 5.40. The van der Waals surface area contributed by atoms with Gasteiger partial charge >= 0.3 is 0 Å². The Kier molecular flexibility index (Phi) is 4.63. The first-order valence-corrected chi connectivity index (χ1v) is 6.70. The van der Waals surface area contributed by atoms with E-state index in [1.54, 1.807) is 12.1 Å². The molecule has 2 aromatic rings. The normalized spacial score (nSPS) is 10.4. The summed E-state index contributed by atoms with van der Waals surface area (Å²) < 4.78 is 0. The minimum Gasteiger partial charge on any atom is -0.381 e. The Hall–Kier alpha value is -0.600. The highest BCUT2D eigenvalue weighted by Gasteiger charge is 2.07. The van der Waals surface area contributed by atoms with Gasteiger partial charge in [0.15, 0.2) is 0 Å². The molecule has 0 aliphatic rings. The number of anilines is 1. The number of hydrogen-bond acceptors (Lipinski definition) is 1. The maximum Gasteiger partial charge on any atom is 0.0485 e. The molecule has 0 aliphatic heterocycles. The van der Waals surface area contributed by atoms with Crippen LogP contribution in [0, 0.1) is 0 Å². The van der Waals surface area contributed by atoms with Gasteiger partial charge in [-0.1, -0.05) is 46.4 Å². The predicted molar refractivity (Wildman–Crippen MR) is 80.3 cm³/mol. The summed E-state index contributed by atoms with van der Waals surface area (Å²) in [5, 5.41) is 5.54. The van der Waals surface area contributed by atoms with Gasteiger partial charge < -0.3 is 5.32 Å². The smallest absolute Gasteiger partial charge is 0.0485 e. The van der Waals surface area contributed by atoms with E-state index in [0.717, 1.165) is 11.3 Å². The average Bonchev–Trinajstić information content (AvgIpc) is 2.30. The zero-order valence-corrected chi connectivity index (χ0v) is 12.2. The molecule has 2 aromatic carbocycles. The van der Waals surface area contributed by atoms with Crippen LogP contribution in [-0.4, -0.2) is 0 Å². The topological polar surface area (TPSA) is 12.0 Å². The van der Waals surface area contributed by atoms with Gasteiger partial charge in [-0.05, 0) is 36.4 Å². The van der Waals surface area contributed by atoms with Gasteiger partial charge in [-0.3, -0.25) is 0 Å². The van der Waals surface area contributed by atoms with Crippen LogP contribution in [0.5, 0.6) is 0 Å². The number of halogens is 4. The van der Waals surface area contributed by atoms with E-state index in [0.29, 0.717) is 26.6 Å². The van der Waals surface area contributed by atoms with Crippen molar-refractivity contribution >= 4 is 52.1 Å². The van der Waals surface area contributed by atoms with Gasteiger partial charge in [0.25, 0.3) is 0 Å². The largest absolute Gasteiger partial charge is 0.381 e. The molecule has 0 unspecified atom stereocenters. The summed E-state index contributed by atoms with van der Waals surface area (Å²) >= 11 is 23.9. The third kappa shape index (κ3) is 3.46. The highest BCUT2D eigenvalue weighted by Crippen LogP contribution is 2.29. The lowest BCUT2D eigenvalue weighted by molar-refractivity contribution is 1.15. The molecule has 0 atom stereocenters. The van der Waals surface area contributed by atoms with Gasteiger partial charge in [-0.25, -0.2) is 0 Å². The molecule has 0 aliphatic carbocycles. The summed E-state index contributed by atoms with van der Waals surface area (Å²) in [5.74, 6) is 0. The van der Waals surface area contributed by atoms with Crippen LogP contribution in [0.25, 0.3) is 0 Å². The van der Waals surface area contributed by atoms with Gasteiger partial charge in [-0.15, -0.1) is 0 Å². The second-order valence-electron chi connectivity index (χ2n) is 3.71. The van der Waals surface area contributed by atoms with E-state index in [-0.39, 0.29) is 0 Å². The van der Waals surface area contributed by atoms with E-state index in [1.165, 1.54) is 0 Å². The molecule has 0 aromatic heterocycles. The first-order valence-electron chi connectivity index (χ1n) is 5.19. The van der Waals surface area contributed by atoms with Gasteiger partial charge in [-0.2, -0.15) is 0 Å². The van der Waals surface area contributed by atoms with Crippen LogP contribution in [0.15, 0.2) is 36.4 Å². The van der Waals surface area contributed by atoms with Gasteiger partial charge in [0.2, 0.25) is 0 Å². The summed E-state index contributed by atoms with van der Waals surface area (Å²) in [5.41, 5.74) is 1.76. The summed E-state index contributed by atoms with van der Waals surface area (Å²) in [7, 11) is 0. The summed E-state index contributed by atoms with van der Waals surface area (Å²) in [6.45, 7) is 0.524. The van der Waals surface area contributed by atoms with Crippen molar-refractivity contribution in [1.29, 1.82) is 0 Å². The Bertz CT molecular complexity index is 528. The Morgan fingerprint density at radius 3 is 1.89 bits per heavy atom. The Balaban J connectivity index is 2.13. The average molecular weight is 321 g/mol. The molecule has 18 heavy (non-hydrogen) atoms. The molecular formula is C13H9Cl4N. The molecule has 94 valence electrons. The molecular weight excluding hydrogens is 312 g/mol. The quantitative estimate of drug-likeness (QED) is 0.741. The maximum atomic E-state index is 6.10. The van der Waals surface area contributed by atoms with Crippen LogP contribution in [0.4, 0.5) is 5.69 Å². The maximum absolute atomic E-state index is 6.10. The van der Waals surface area contributed by atoms with Crippen molar-refractivity contribution in [3.05, 3.63) is 62.1 Å². The van der Waals surface area contributed by atoms with E-state index in [2.05, 4.69) is 5.32 Å². The molecule has 0 bridgehead atoms. The summed E-state index contributed by atoms with van der Waals surface area (Å²) in [6, 6.07) is 10.8. The van der Waals surface area contributed by atoms with Crippen molar-refractivity contribution in [2.24, 2.45) is 0 Å². The third-order valence-corrected chi connectivity index (χ3v) is 3.56. The van der Waals surface area contributed by atoms with Crippen LogP contribution in [0.2, 0.25) is 20.1 Å². The van der Waals surface area contributed by atoms with E-state index in [1.807, 2.05) is 24.3 Å². The minimum atomic E-state index is 0.524. The Morgan fingerprint density at radius 2 is 1.33 bits per heavy atom. The highest BCUT2D eigenvalue weighted by molar-refractivity contribution is 6.39.